The first kappa shape index (κ1) is 37.3. The van der Waals surface area contributed by atoms with E-state index in [2.05, 4.69) is 45.6 Å². The number of hydrogen-bond donors (Lipinski definition) is 4. The highest BCUT2D eigenvalue weighted by atomic mass is 16.7. The predicted molar refractivity (Wildman–Crippen MR) is 204 cm³/mol. The van der Waals surface area contributed by atoms with Gasteiger partial charge in [0.05, 0.1) is 31.9 Å². The molecule has 7 rings (SSSR count). The fourth-order valence-electron chi connectivity index (χ4n) is 7.96. The number of aliphatic hydroxyl groups is 1. The van der Waals surface area contributed by atoms with Gasteiger partial charge in [0, 0.05) is 49.8 Å². The van der Waals surface area contributed by atoms with Crippen molar-refractivity contribution in [3.63, 3.8) is 0 Å². The number of piperidine rings is 1. The van der Waals surface area contributed by atoms with Crippen molar-refractivity contribution in [2.45, 2.75) is 69.8 Å². The number of amides is 2. The number of carbonyl (C=O) groups excluding carboxylic acids is 2. The van der Waals surface area contributed by atoms with Gasteiger partial charge in [-0.25, -0.2) is 0 Å². The number of carboxylic acid groups (broad SMARTS) is 1. The van der Waals surface area contributed by atoms with Crippen LogP contribution in [0, 0.1) is 5.92 Å². The van der Waals surface area contributed by atoms with Crippen LogP contribution in [0.2, 0.25) is 0 Å². The number of carbonyl (C=O) groups is 3. The van der Waals surface area contributed by atoms with E-state index in [-0.39, 0.29) is 49.4 Å². The second-order valence-corrected chi connectivity index (χ2v) is 14.6. The van der Waals surface area contributed by atoms with Crippen LogP contribution < -0.4 is 15.5 Å². The molecule has 4 aromatic rings. The highest BCUT2D eigenvalue weighted by molar-refractivity contribution is 5.93. The molecule has 0 unspecified atom stereocenters. The highest BCUT2D eigenvalue weighted by Gasteiger charge is 2.51. The number of hydrogen-bond acceptors (Lipinski definition) is 8. The number of rotatable bonds is 12. The fraction of sp³-hybridized carbons (Fsp3) is 0.372. The summed E-state index contributed by atoms with van der Waals surface area (Å²) in [4.78, 5) is 40.9. The Labute approximate surface area is 315 Å². The van der Waals surface area contributed by atoms with Gasteiger partial charge in [-0.3, -0.25) is 14.4 Å². The summed E-state index contributed by atoms with van der Waals surface area (Å²) in [5.74, 6) is -1.19. The molecule has 0 radical (unpaired) electrons. The largest absolute Gasteiger partial charge is 0.481 e. The second kappa shape index (κ2) is 16.5. The van der Waals surface area contributed by atoms with Gasteiger partial charge in [-0.1, -0.05) is 85.8 Å². The first-order chi connectivity index (χ1) is 26.2. The Kier molecular flexibility index (Phi) is 11.4. The predicted octanol–water partition coefficient (Wildman–Crippen LogP) is 5.55. The molecule has 11 heteroatoms. The van der Waals surface area contributed by atoms with Crippen LogP contribution in [0.5, 0.6) is 0 Å². The Hall–Kier alpha value is -5.07. The summed E-state index contributed by atoms with van der Waals surface area (Å²) in [6.07, 6.45) is 0.0947. The molecule has 282 valence electrons. The average molecular weight is 733 g/mol. The van der Waals surface area contributed by atoms with Crippen molar-refractivity contribution < 1.29 is 34.1 Å². The molecule has 3 aliphatic rings. The van der Waals surface area contributed by atoms with Gasteiger partial charge in [0.15, 0.2) is 6.29 Å². The standard InChI is InChI=1S/C43H48N4O7/c1-29-37(26-46-21-19-43(20-22-46)42(52)45-28-47(43)36-11-3-2-4-12-36)53-41(54-40(29)32-15-13-30(27-48)14-16-32)35-10-6-9-34(24-35)33-8-5-7-31(23-33)25-44-38(49)17-18-39(50)51/h2-16,23-24,29,37,40-41,48H,17-22,25-28H2,1H3,(H,44,49)(H,45,52)(H,50,51)/t29-,37+,40+,41+/m1/s1. The Bertz CT molecular complexity index is 1930. The third-order valence-corrected chi connectivity index (χ3v) is 11.1. The average Bonchev–Trinajstić information content (AvgIpc) is 3.52. The van der Waals surface area contributed by atoms with E-state index in [9.17, 15) is 19.5 Å². The Morgan fingerprint density at radius 3 is 2.30 bits per heavy atom. The molecule has 1 spiro atoms. The molecule has 54 heavy (non-hydrogen) atoms. The molecule has 0 aromatic heterocycles. The summed E-state index contributed by atoms with van der Waals surface area (Å²) < 4.78 is 13.6. The molecule has 11 nitrogen and oxygen atoms in total. The summed E-state index contributed by atoms with van der Waals surface area (Å²) in [6, 6.07) is 34.1. The zero-order chi connectivity index (χ0) is 37.7. The number of nitrogens with zero attached hydrogens (tertiary/aromatic N) is 2. The number of carboxylic acids is 1. The van der Waals surface area contributed by atoms with Crippen LogP contribution in [0.3, 0.4) is 0 Å². The number of aliphatic carboxylic acids is 1. The quantitative estimate of drug-likeness (QED) is 0.148. The zero-order valence-corrected chi connectivity index (χ0v) is 30.5. The third-order valence-electron chi connectivity index (χ3n) is 11.1. The number of anilines is 1. The lowest BCUT2D eigenvalue weighted by Crippen LogP contribution is -2.57. The lowest BCUT2D eigenvalue weighted by molar-refractivity contribution is -0.276. The van der Waals surface area contributed by atoms with Crippen LogP contribution in [0.25, 0.3) is 11.1 Å². The van der Waals surface area contributed by atoms with Gasteiger partial charge in [-0.2, -0.15) is 0 Å². The van der Waals surface area contributed by atoms with Crippen LogP contribution in [0.4, 0.5) is 5.69 Å². The van der Waals surface area contributed by atoms with Gasteiger partial charge < -0.3 is 40.1 Å². The van der Waals surface area contributed by atoms with Crippen molar-refractivity contribution in [1.29, 1.82) is 0 Å². The first-order valence-corrected chi connectivity index (χ1v) is 18.7. The molecular weight excluding hydrogens is 684 g/mol. The molecule has 0 aliphatic carbocycles. The van der Waals surface area contributed by atoms with Crippen LogP contribution in [-0.2, 0) is 37.0 Å². The number of likely N-dealkylation sites (tertiary alicyclic amines) is 1. The Balaban J connectivity index is 1.08. The summed E-state index contributed by atoms with van der Waals surface area (Å²) in [5, 5.41) is 24.5. The Morgan fingerprint density at radius 2 is 1.57 bits per heavy atom. The van der Waals surface area contributed by atoms with Crippen LogP contribution in [-0.4, -0.2) is 70.8 Å². The van der Waals surface area contributed by atoms with Gasteiger partial charge >= 0.3 is 5.97 Å². The van der Waals surface area contributed by atoms with E-state index in [1.54, 1.807) is 0 Å². The molecule has 0 saturated carbocycles. The first-order valence-electron chi connectivity index (χ1n) is 18.7. The van der Waals surface area contributed by atoms with Crippen LogP contribution in [0.1, 0.15) is 67.3 Å². The minimum Gasteiger partial charge on any atom is -0.481 e. The third kappa shape index (κ3) is 8.19. The monoisotopic (exact) mass is 732 g/mol. The molecule has 4 atom stereocenters. The normalized spacial score (nSPS) is 22.6. The SMILES string of the molecule is C[C@@H]1[C@H](CN2CCC3(CC2)C(=O)NCN3c2ccccc2)O[C@H](c2cccc(-c3cccc(CNC(=O)CCC(=O)O)c3)c2)O[C@@H]1c1ccc(CO)cc1. The zero-order valence-electron chi connectivity index (χ0n) is 30.5. The van der Waals surface area contributed by atoms with Gasteiger partial charge in [0.2, 0.25) is 11.8 Å². The van der Waals surface area contributed by atoms with E-state index in [0.29, 0.717) is 32.6 Å². The molecule has 3 heterocycles. The number of benzene rings is 4. The van der Waals surface area contributed by atoms with Gasteiger partial charge in [-0.15, -0.1) is 0 Å². The van der Waals surface area contributed by atoms with Crippen LogP contribution in [0.15, 0.2) is 103 Å². The van der Waals surface area contributed by atoms with Crippen molar-refractivity contribution >= 4 is 23.5 Å². The summed E-state index contributed by atoms with van der Waals surface area (Å²) >= 11 is 0. The highest BCUT2D eigenvalue weighted by Crippen LogP contribution is 2.43. The van der Waals surface area contributed by atoms with Crippen molar-refractivity contribution in [2.75, 3.05) is 31.2 Å². The van der Waals surface area contributed by atoms with E-state index in [0.717, 1.165) is 52.2 Å². The summed E-state index contributed by atoms with van der Waals surface area (Å²) in [6.45, 7) is 5.15. The molecule has 3 saturated heterocycles. The fourth-order valence-corrected chi connectivity index (χ4v) is 7.96. The van der Waals surface area contributed by atoms with E-state index in [4.69, 9.17) is 14.6 Å². The van der Waals surface area contributed by atoms with Crippen molar-refractivity contribution in [2.24, 2.45) is 5.92 Å². The molecule has 3 aliphatic heterocycles. The maximum Gasteiger partial charge on any atom is 0.303 e. The molecule has 0 bridgehead atoms. The lowest BCUT2D eigenvalue weighted by Gasteiger charge is -2.46. The molecule has 3 fully saturated rings. The maximum atomic E-state index is 13.3. The van der Waals surface area contributed by atoms with E-state index in [1.165, 1.54) is 0 Å². The minimum atomic E-state index is -1.00. The minimum absolute atomic E-state index is 0.0123. The van der Waals surface area contributed by atoms with Gasteiger partial charge in [0.1, 0.15) is 5.54 Å². The smallest absolute Gasteiger partial charge is 0.303 e. The van der Waals surface area contributed by atoms with E-state index < -0.39 is 17.8 Å². The number of ether oxygens (including phenoxy) is 2. The lowest BCUT2D eigenvalue weighted by atomic mass is 9.84. The summed E-state index contributed by atoms with van der Waals surface area (Å²) in [7, 11) is 0. The number of aliphatic hydroxyl groups excluding tert-OH is 1. The Morgan fingerprint density at radius 1 is 0.852 bits per heavy atom. The van der Waals surface area contributed by atoms with E-state index in [1.807, 2.05) is 84.9 Å². The molecule has 4 aromatic carbocycles. The van der Waals surface area contributed by atoms with Gasteiger partial charge in [0.25, 0.3) is 0 Å². The molecule has 2 amide bonds. The maximum absolute atomic E-state index is 13.3. The van der Waals surface area contributed by atoms with Crippen molar-refractivity contribution in [3.05, 3.63) is 125 Å². The second-order valence-electron chi connectivity index (χ2n) is 14.6. The number of nitrogens with one attached hydrogen (secondary N) is 2. The topological polar surface area (TPSA) is 141 Å². The van der Waals surface area contributed by atoms with Crippen molar-refractivity contribution in [3.8, 4) is 11.1 Å². The van der Waals surface area contributed by atoms with Gasteiger partial charge in [-0.05, 0) is 64.9 Å². The molecule has 4 N–H and O–H groups in total. The van der Waals surface area contributed by atoms with Crippen LogP contribution >= 0.6 is 0 Å². The number of para-hydroxylation sites is 1. The summed E-state index contributed by atoms with van der Waals surface area (Å²) in [5.41, 5.74) is 6.06. The van der Waals surface area contributed by atoms with Crippen molar-refractivity contribution in [1.82, 2.24) is 15.5 Å². The molecular formula is C43H48N4O7. The van der Waals surface area contributed by atoms with E-state index >= 15 is 0 Å².